The van der Waals surface area contributed by atoms with Gasteiger partial charge in [0.15, 0.2) is 0 Å². The molecule has 1 unspecified atom stereocenters. The van der Waals surface area contributed by atoms with Gasteiger partial charge in [-0.1, -0.05) is 32.9 Å². The molecule has 0 aliphatic carbocycles. The highest BCUT2D eigenvalue weighted by molar-refractivity contribution is 9.10. The Kier molecular flexibility index (Phi) is 8.84. The summed E-state index contributed by atoms with van der Waals surface area (Å²) >= 11 is 5.57. The number of halogens is 1. The minimum atomic E-state index is 0.624. The molecule has 0 saturated carbocycles. The first-order chi connectivity index (χ1) is 9.13. The van der Waals surface area contributed by atoms with Gasteiger partial charge in [0.2, 0.25) is 0 Å². The first-order valence-corrected chi connectivity index (χ1v) is 9.02. The van der Waals surface area contributed by atoms with Gasteiger partial charge < -0.3 is 5.32 Å². The first kappa shape index (κ1) is 17.1. The van der Waals surface area contributed by atoms with Crippen LogP contribution in [0.4, 0.5) is 0 Å². The van der Waals surface area contributed by atoms with Gasteiger partial charge in [0.1, 0.15) is 0 Å². The van der Waals surface area contributed by atoms with E-state index in [1.807, 2.05) is 11.8 Å². The molecule has 0 radical (unpaired) electrons. The van der Waals surface area contributed by atoms with Crippen LogP contribution in [0.3, 0.4) is 0 Å². The molecule has 0 aliphatic rings. The van der Waals surface area contributed by atoms with Crippen LogP contribution in [0.15, 0.2) is 33.6 Å². The maximum absolute atomic E-state index is 3.68. The third-order valence-corrected chi connectivity index (χ3v) is 5.24. The van der Waals surface area contributed by atoms with Gasteiger partial charge in [0, 0.05) is 21.2 Å². The van der Waals surface area contributed by atoms with E-state index < -0.39 is 0 Å². The van der Waals surface area contributed by atoms with Gasteiger partial charge in [0.05, 0.1) is 0 Å². The molecule has 0 saturated heterocycles. The van der Waals surface area contributed by atoms with Crippen LogP contribution in [0, 0.1) is 5.92 Å². The van der Waals surface area contributed by atoms with E-state index in [1.165, 1.54) is 28.6 Å². The van der Waals surface area contributed by atoms with Gasteiger partial charge in [0.25, 0.3) is 0 Å². The van der Waals surface area contributed by atoms with Crippen molar-refractivity contribution >= 4 is 27.7 Å². The molecule has 0 aliphatic heterocycles. The van der Waals surface area contributed by atoms with E-state index in [0.29, 0.717) is 6.04 Å². The fourth-order valence-electron chi connectivity index (χ4n) is 1.88. The van der Waals surface area contributed by atoms with Gasteiger partial charge in [-0.2, -0.15) is 0 Å². The van der Waals surface area contributed by atoms with Gasteiger partial charge in [-0.25, -0.2) is 0 Å². The zero-order valence-electron chi connectivity index (χ0n) is 12.3. The second kappa shape index (κ2) is 9.84. The number of hydrogen-bond acceptors (Lipinski definition) is 2. The SMILES string of the molecule is CCCNC(CCC(C)C)CSc1ccccc1Br. The predicted molar refractivity (Wildman–Crippen MR) is 91.0 cm³/mol. The molecule has 1 aromatic rings. The molecular formula is C16H26BrNS. The van der Waals surface area contributed by atoms with Gasteiger partial charge in [-0.15, -0.1) is 11.8 Å². The summed E-state index contributed by atoms with van der Waals surface area (Å²) in [5, 5.41) is 3.68. The number of benzene rings is 1. The average molecular weight is 344 g/mol. The predicted octanol–water partition coefficient (Wildman–Crippen LogP) is 5.35. The Labute approximate surface area is 131 Å². The normalized spacial score (nSPS) is 12.9. The monoisotopic (exact) mass is 343 g/mol. The van der Waals surface area contributed by atoms with E-state index in [4.69, 9.17) is 0 Å². The number of nitrogens with one attached hydrogen (secondary N) is 1. The first-order valence-electron chi connectivity index (χ1n) is 7.24. The molecule has 1 aromatic carbocycles. The van der Waals surface area contributed by atoms with Crippen LogP contribution in [0.25, 0.3) is 0 Å². The van der Waals surface area contributed by atoms with Gasteiger partial charge >= 0.3 is 0 Å². The van der Waals surface area contributed by atoms with Crippen LogP contribution in [0.2, 0.25) is 0 Å². The molecular weight excluding hydrogens is 318 g/mol. The van der Waals surface area contributed by atoms with Crippen molar-refractivity contribution in [2.75, 3.05) is 12.3 Å². The molecule has 0 spiro atoms. The topological polar surface area (TPSA) is 12.0 Å². The molecule has 1 atom stereocenters. The highest BCUT2D eigenvalue weighted by atomic mass is 79.9. The Morgan fingerprint density at radius 1 is 1.21 bits per heavy atom. The lowest BCUT2D eigenvalue weighted by Crippen LogP contribution is -2.32. The molecule has 1 nitrogen and oxygen atoms in total. The van der Waals surface area contributed by atoms with Crippen LogP contribution in [-0.4, -0.2) is 18.3 Å². The van der Waals surface area contributed by atoms with E-state index in [9.17, 15) is 0 Å². The van der Waals surface area contributed by atoms with Crippen molar-refractivity contribution in [2.24, 2.45) is 5.92 Å². The Morgan fingerprint density at radius 3 is 2.58 bits per heavy atom. The van der Waals surface area contributed by atoms with Crippen LogP contribution >= 0.6 is 27.7 Å². The summed E-state index contributed by atoms with van der Waals surface area (Å²) < 4.78 is 1.21. The highest BCUT2D eigenvalue weighted by Crippen LogP contribution is 2.28. The van der Waals surface area contributed by atoms with Crippen molar-refractivity contribution in [3.8, 4) is 0 Å². The van der Waals surface area contributed by atoms with Crippen LogP contribution < -0.4 is 5.32 Å². The lowest BCUT2D eigenvalue weighted by molar-refractivity contribution is 0.456. The molecule has 108 valence electrons. The van der Waals surface area contributed by atoms with Crippen molar-refractivity contribution in [3.05, 3.63) is 28.7 Å². The molecule has 19 heavy (non-hydrogen) atoms. The molecule has 0 amide bonds. The highest BCUT2D eigenvalue weighted by Gasteiger charge is 2.10. The van der Waals surface area contributed by atoms with Crippen molar-refractivity contribution in [2.45, 2.75) is 51.0 Å². The summed E-state index contributed by atoms with van der Waals surface area (Å²) in [7, 11) is 0. The zero-order chi connectivity index (χ0) is 14.1. The van der Waals surface area contributed by atoms with E-state index >= 15 is 0 Å². The number of thioether (sulfide) groups is 1. The summed E-state index contributed by atoms with van der Waals surface area (Å²) in [5.74, 6) is 1.94. The van der Waals surface area contributed by atoms with Crippen LogP contribution in [0.1, 0.15) is 40.0 Å². The standard InChI is InChI=1S/C16H26BrNS/c1-4-11-18-14(10-9-13(2)3)12-19-16-8-6-5-7-15(16)17/h5-8,13-14,18H,4,9-12H2,1-3H3. The van der Waals surface area contributed by atoms with Gasteiger partial charge in [-0.05, 0) is 59.8 Å². The Balaban J connectivity index is 2.45. The Hall–Kier alpha value is 0.01000. The molecule has 0 aromatic heterocycles. The maximum atomic E-state index is 3.68. The lowest BCUT2D eigenvalue weighted by atomic mass is 10.0. The zero-order valence-corrected chi connectivity index (χ0v) is 14.7. The molecule has 3 heteroatoms. The van der Waals surface area contributed by atoms with Crippen LogP contribution in [0.5, 0.6) is 0 Å². The van der Waals surface area contributed by atoms with Crippen LogP contribution in [-0.2, 0) is 0 Å². The van der Waals surface area contributed by atoms with Crippen molar-refractivity contribution in [1.82, 2.24) is 5.32 Å². The van der Waals surface area contributed by atoms with E-state index in [0.717, 1.165) is 18.2 Å². The third kappa shape index (κ3) is 7.38. The quantitative estimate of drug-likeness (QED) is 0.607. The van der Waals surface area contributed by atoms with Crippen molar-refractivity contribution in [3.63, 3.8) is 0 Å². The second-order valence-electron chi connectivity index (χ2n) is 5.36. The van der Waals surface area contributed by atoms with Gasteiger partial charge in [-0.3, -0.25) is 0 Å². The third-order valence-electron chi connectivity index (χ3n) is 3.05. The van der Waals surface area contributed by atoms with E-state index in [1.54, 1.807) is 0 Å². The lowest BCUT2D eigenvalue weighted by Gasteiger charge is -2.19. The maximum Gasteiger partial charge on any atom is 0.0311 e. The molecule has 1 rings (SSSR count). The molecule has 0 fully saturated rings. The molecule has 1 N–H and O–H groups in total. The molecule has 0 bridgehead atoms. The fourth-order valence-corrected chi connectivity index (χ4v) is 3.55. The summed E-state index contributed by atoms with van der Waals surface area (Å²) in [4.78, 5) is 1.34. The number of hydrogen-bond donors (Lipinski definition) is 1. The van der Waals surface area contributed by atoms with Crippen molar-refractivity contribution < 1.29 is 0 Å². The summed E-state index contributed by atoms with van der Waals surface area (Å²) in [6, 6.07) is 9.11. The van der Waals surface area contributed by atoms with Crippen molar-refractivity contribution in [1.29, 1.82) is 0 Å². The Morgan fingerprint density at radius 2 is 1.95 bits per heavy atom. The second-order valence-corrected chi connectivity index (χ2v) is 7.28. The Bertz CT molecular complexity index is 354. The molecule has 0 heterocycles. The summed E-state index contributed by atoms with van der Waals surface area (Å²) in [6.07, 6.45) is 3.78. The summed E-state index contributed by atoms with van der Waals surface area (Å²) in [5.41, 5.74) is 0. The number of rotatable bonds is 9. The van der Waals surface area contributed by atoms with E-state index in [-0.39, 0.29) is 0 Å². The average Bonchev–Trinajstić information content (AvgIpc) is 2.39. The smallest absolute Gasteiger partial charge is 0.0311 e. The largest absolute Gasteiger partial charge is 0.313 e. The summed E-state index contributed by atoms with van der Waals surface area (Å²) in [6.45, 7) is 7.96. The van der Waals surface area contributed by atoms with E-state index in [2.05, 4.69) is 66.3 Å². The minimum Gasteiger partial charge on any atom is -0.313 e. The minimum absolute atomic E-state index is 0.624. The fraction of sp³-hybridized carbons (Fsp3) is 0.625.